The van der Waals surface area contributed by atoms with Gasteiger partial charge in [0.25, 0.3) is 11.5 Å². The molecule has 0 saturated carbocycles. The molecule has 0 radical (unpaired) electrons. The molecular formula is C21H18N4O3S. The molecule has 0 spiro atoms. The molecule has 146 valence electrons. The Balaban J connectivity index is 1.66. The highest BCUT2D eigenvalue weighted by atomic mass is 32.1. The fraction of sp³-hybridized carbons (Fsp3) is 0.143. The molecule has 0 aliphatic heterocycles. The Bertz CT molecular complexity index is 1380. The van der Waals surface area contributed by atoms with Gasteiger partial charge in [-0.1, -0.05) is 53.8 Å². The Morgan fingerprint density at radius 3 is 2.48 bits per heavy atom. The number of nitrogens with zero attached hydrogens (tertiary/aromatic N) is 4. The van der Waals surface area contributed by atoms with Gasteiger partial charge in [-0.2, -0.15) is 4.99 Å². The number of para-hydroxylation sites is 1. The second-order valence-electron chi connectivity index (χ2n) is 6.55. The number of hydrogen-bond acceptors (Lipinski definition) is 4. The minimum atomic E-state index is -0.552. The van der Waals surface area contributed by atoms with E-state index in [-0.39, 0.29) is 0 Å². The van der Waals surface area contributed by atoms with Gasteiger partial charge < -0.3 is 4.57 Å². The molecule has 0 atom stereocenters. The minimum Gasteiger partial charge on any atom is -0.319 e. The van der Waals surface area contributed by atoms with Crippen molar-refractivity contribution in [1.29, 1.82) is 0 Å². The van der Waals surface area contributed by atoms with Gasteiger partial charge in [-0.3, -0.25) is 18.7 Å². The van der Waals surface area contributed by atoms with Crippen molar-refractivity contribution in [2.24, 2.45) is 12.0 Å². The Hall–Kier alpha value is -3.52. The van der Waals surface area contributed by atoms with Crippen LogP contribution in [-0.4, -0.2) is 19.6 Å². The quantitative estimate of drug-likeness (QED) is 0.518. The smallest absolute Gasteiger partial charge is 0.319 e. The molecule has 0 aliphatic rings. The van der Waals surface area contributed by atoms with Crippen LogP contribution in [0.2, 0.25) is 0 Å². The molecule has 4 aromatic rings. The lowest BCUT2D eigenvalue weighted by molar-refractivity contribution is -0.118. The van der Waals surface area contributed by atoms with Crippen LogP contribution >= 0.6 is 11.3 Å². The minimum absolute atomic E-state index is 0.316. The first kappa shape index (κ1) is 18.8. The number of benzene rings is 2. The Morgan fingerprint density at radius 1 is 1.00 bits per heavy atom. The number of fused-ring (bicyclic) bond motifs is 1. The highest BCUT2D eigenvalue weighted by Gasteiger charge is 2.11. The summed E-state index contributed by atoms with van der Waals surface area (Å²) in [5.41, 5.74) is 0.827. The van der Waals surface area contributed by atoms with Gasteiger partial charge in [-0.05, 0) is 17.7 Å². The first-order chi connectivity index (χ1) is 14.0. The summed E-state index contributed by atoms with van der Waals surface area (Å²) in [6.45, 7) is -0.0852. The third-order valence-electron chi connectivity index (χ3n) is 4.56. The van der Waals surface area contributed by atoms with Crippen LogP contribution in [0.25, 0.3) is 10.2 Å². The number of hydrogen-bond donors (Lipinski definition) is 0. The van der Waals surface area contributed by atoms with E-state index in [9.17, 15) is 14.4 Å². The first-order valence-electron chi connectivity index (χ1n) is 8.99. The molecule has 0 saturated heterocycles. The van der Waals surface area contributed by atoms with Crippen molar-refractivity contribution < 1.29 is 4.79 Å². The van der Waals surface area contributed by atoms with E-state index in [1.165, 1.54) is 28.2 Å². The topological polar surface area (TPSA) is 78.4 Å². The second kappa shape index (κ2) is 7.84. The van der Waals surface area contributed by atoms with Crippen molar-refractivity contribution in [1.82, 2.24) is 13.7 Å². The molecule has 7 nitrogen and oxygen atoms in total. The van der Waals surface area contributed by atoms with E-state index in [2.05, 4.69) is 4.99 Å². The fourth-order valence-corrected chi connectivity index (χ4v) is 4.10. The predicted octanol–water partition coefficient (Wildman–Crippen LogP) is 1.74. The van der Waals surface area contributed by atoms with Crippen molar-refractivity contribution in [2.75, 3.05) is 0 Å². The Kier molecular flexibility index (Phi) is 5.09. The molecule has 8 heteroatoms. The molecule has 0 fully saturated rings. The van der Waals surface area contributed by atoms with Crippen LogP contribution in [0.4, 0.5) is 0 Å². The van der Waals surface area contributed by atoms with E-state index in [1.807, 2.05) is 66.2 Å². The molecule has 2 aromatic heterocycles. The molecule has 0 aliphatic carbocycles. The van der Waals surface area contributed by atoms with Crippen molar-refractivity contribution >= 4 is 27.5 Å². The van der Waals surface area contributed by atoms with Gasteiger partial charge in [0.2, 0.25) is 0 Å². The monoisotopic (exact) mass is 406 g/mol. The van der Waals surface area contributed by atoms with Crippen LogP contribution in [0.1, 0.15) is 5.56 Å². The van der Waals surface area contributed by atoms with Crippen molar-refractivity contribution in [3.05, 3.63) is 98.1 Å². The highest BCUT2D eigenvalue weighted by Crippen LogP contribution is 2.15. The molecule has 4 rings (SSSR count). The number of thiazole rings is 1. The molecular weight excluding hydrogens is 388 g/mol. The predicted molar refractivity (Wildman–Crippen MR) is 112 cm³/mol. The summed E-state index contributed by atoms with van der Waals surface area (Å²) in [6.07, 6.45) is 1.45. The van der Waals surface area contributed by atoms with Gasteiger partial charge in [0.1, 0.15) is 6.54 Å². The van der Waals surface area contributed by atoms with E-state index in [0.717, 1.165) is 20.3 Å². The first-order valence-corrected chi connectivity index (χ1v) is 9.81. The zero-order chi connectivity index (χ0) is 20.4. The Labute approximate surface area is 169 Å². The maximum atomic E-state index is 12.7. The maximum Gasteiger partial charge on any atom is 0.331 e. The number of amides is 1. The van der Waals surface area contributed by atoms with E-state index >= 15 is 0 Å². The van der Waals surface area contributed by atoms with Crippen molar-refractivity contribution in [2.45, 2.75) is 13.1 Å². The summed E-state index contributed by atoms with van der Waals surface area (Å²) in [6, 6.07) is 18.5. The molecule has 0 unspecified atom stereocenters. The lowest BCUT2D eigenvalue weighted by Crippen LogP contribution is -2.40. The van der Waals surface area contributed by atoms with E-state index in [0.29, 0.717) is 11.3 Å². The van der Waals surface area contributed by atoms with E-state index in [4.69, 9.17) is 0 Å². The van der Waals surface area contributed by atoms with Crippen molar-refractivity contribution in [3.63, 3.8) is 0 Å². The second-order valence-corrected chi connectivity index (χ2v) is 7.56. The largest absolute Gasteiger partial charge is 0.331 e. The standard InChI is InChI=1S/C21H18N4O3S/c1-23-16-9-5-6-10-17(16)29-20(23)22-18(26)14-25-19(27)11-12-24(21(25)28)13-15-7-3-2-4-8-15/h2-12H,13-14H2,1H3. The lowest BCUT2D eigenvalue weighted by Gasteiger charge is -2.08. The van der Waals surface area contributed by atoms with E-state index in [1.54, 1.807) is 0 Å². The Morgan fingerprint density at radius 2 is 1.72 bits per heavy atom. The highest BCUT2D eigenvalue weighted by molar-refractivity contribution is 7.16. The SMILES string of the molecule is Cn1c(=NC(=O)Cn2c(=O)ccn(Cc3ccccc3)c2=O)sc2ccccc21. The molecule has 0 bridgehead atoms. The summed E-state index contributed by atoms with van der Waals surface area (Å²) in [5, 5.41) is 0. The molecule has 0 N–H and O–H groups in total. The number of rotatable bonds is 4. The van der Waals surface area contributed by atoms with Gasteiger partial charge in [0, 0.05) is 19.3 Å². The van der Waals surface area contributed by atoms with Crippen LogP contribution in [0.5, 0.6) is 0 Å². The van der Waals surface area contributed by atoms with Crippen LogP contribution in [0, 0.1) is 0 Å². The van der Waals surface area contributed by atoms with E-state index < -0.39 is 23.7 Å². The number of aromatic nitrogens is 3. The summed E-state index contributed by atoms with van der Waals surface area (Å²) < 4.78 is 5.15. The number of aryl methyl sites for hydroxylation is 1. The van der Waals surface area contributed by atoms with Crippen LogP contribution < -0.4 is 16.1 Å². The molecule has 2 aromatic carbocycles. The van der Waals surface area contributed by atoms with Gasteiger partial charge in [0.05, 0.1) is 16.8 Å². The summed E-state index contributed by atoms with van der Waals surface area (Å²) in [5.74, 6) is -0.552. The van der Waals surface area contributed by atoms with Crippen molar-refractivity contribution in [3.8, 4) is 0 Å². The average Bonchev–Trinajstić information content (AvgIpc) is 3.04. The lowest BCUT2D eigenvalue weighted by atomic mass is 10.2. The van der Waals surface area contributed by atoms with Gasteiger partial charge in [-0.15, -0.1) is 0 Å². The van der Waals surface area contributed by atoms with Gasteiger partial charge in [0.15, 0.2) is 4.80 Å². The third-order valence-corrected chi connectivity index (χ3v) is 5.68. The normalized spacial score (nSPS) is 11.8. The van der Waals surface area contributed by atoms with Crippen LogP contribution in [0.3, 0.4) is 0 Å². The number of carbonyl (C=O) groups is 1. The maximum absolute atomic E-state index is 12.7. The fourth-order valence-electron chi connectivity index (χ4n) is 3.07. The zero-order valence-corrected chi connectivity index (χ0v) is 16.5. The summed E-state index contributed by atoms with van der Waals surface area (Å²) >= 11 is 1.38. The van der Waals surface area contributed by atoms with Gasteiger partial charge >= 0.3 is 5.69 Å². The summed E-state index contributed by atoms with van der Waals surface area (Å²) in [7, 11) is 1.83. The average molecular weight is 406 g/mol. The summed E-state index contributed by atoms with van der Waals surface area (Å²) in [4.78, 5) is 42.1. The molecule has 1 amide bonds. The van der Waals surface area contributed by atoms with Crippen LogP contribution in [0.15, 0.2) is 81.4 Å². The third kappa shape index (κ3) is 3.88. The molecule has 2 heterocycles. The zero-order valence-electron chi connectivity index (χ0n) is 15.7. The molecule has 29 heavy (non-hydrogen) atoms. The number of carbonyl (C=O) groups excluding carboxylic acids is 1. The van der Waals surface area contributed by atoms with Gasteiger partial charge in [-0.25, -0.2) is 4.79 Å². The van der Waals surface area contributed by atoms with Crippen LogP contribution in [-0.2, 0) is 24.9 Å².